The van der Waals surface area contributed by atoms with Gasteiger partial charge in [-0.25, -0.2) is 14.5 Å². The van der Waals surface area contributed by atoms with E-state index in [0.29, 0.717) is 23.8 Å². The van der Waals surface area contributed by atoms with Crippen LogP contribution in [0, 0.1) is 27.7 Å². The zero-order valence-corrected chi connectivity index (χ0v) is 17.7. The van der Waals surface area contributed by atoms with Crippen molar-refractivity contribution in [2.75, 3.05) is 5.32 Å². The third-order valence-electron chi connectivity index (χ3n) is 5.14. The molecule has 148 valence electrons. The fourth-order valence-corrected chi connectivity index (χ4v) is 4.04. The number of hydrogen-bond acceptors (Lipinski definition) is 6. The Balaban J connectivity index is 1.43. The van der Waals surface area contributed by atoms with Crippen LogP contribution < -0.4 is 5.32 Å². The molecule has 1 amide bonds. The van der Waals surface area contributed by atoms with Crippen molar-refractivity contribution in [2.24, 2.45) is 0 Å². The van der Waals surface area contributed by atoms with Crippen LogP contribution in [0.4, 0.5) is 5.13 Å². The highest BCUT2D eigenvalue weighted by atomic mass is 32.1. The van der Waals surface area contributed by atoms with Crippen molar-refractivity contribution < 1.29 is 4.79 Å². The molecule has 4 aromatic rings. The summed E-state index contributed by atoms with van der Waals surface area (Å²) in [5.41, 5.74) is 7.27. The molecule has 0 bridgehead atoms. The summed E-state index contributed by atoms with van der Waals surface area (Å²) in [6, 6.07) is 6.27. The van der Waals surface area contributed by atoms with Crippen molar-refractivity contribution in [3.05, 3.63) is 58.0 Å². The highest BCUT2D eigenvalue weighted by Crippen LogP contribution is 2.26. The molecule has 1 N–H and O–H groups in total. The first kappa shape index (κ1) is 19.2. The minimum atomic E-state index is -0.0662. The van der Waals surface area contributed by atoms with Gasteiger partial charge in [0.25, 0.3) is 5.78 Å². The number of carbonyl (C=O) groups is 1. The van der Waals surface area contributed by atoms with Crippen molar-refractivity contribution in [1.82, 2.24) is 24.6 Å². The lowest BCUT2D eigenvalue weighted by Gasteiger charge is -2.10. The van der Waals surface area contributed by atoms with E-state index >= 15 is 0 Å². The molecule has 3 heterocycles. The maximum Gasteiger partial charge on any atom is 0.252 e. The lowest BCUT2D eigenvalue weighted by Crippen LogP contribution is -2.14. The molecule has 0 fully saturated rings. The quantitative estimate of drug-likeness (QED) is 0.540. The number of anilines is 1. The fraction of sp³-hybridized carbons (Fsp3) is 0.286. The van der Waals surface area contributed by atoms with Gasteiger partial charge < -0.3 is 5.32 Å². The molecule has 0 aliphatic rings. The average molecular weight is 407 g/mol. The normalized spacial score (nSPS) is 11.2. The monoisotopic (exact) mass is 406 g/mol. The van der Waals surface area contributed by atoms with E-state index in [1.54, 1.807) is 4.52 Å². The molecular formula is C21H22N6OS. The minimum Gasteiger partial charge on any atom is -0.302 e. The predicted octanol–water partition coefficient (Wildman–Crippen LogP) is 4.05. The van der Waals surface area contributed by atoms with Crippen LogP contribution in [-0.4, -0.2) is 30.5 Å². The second-order valence-corrected chi connectivity index (χ2v) is 7.98. The van der Waals surface area contributed by atoms with Crippen LogP contribution in [0.15, 0.2) is 29.9 Å². The second kappa shape index (κ2) is 7.71. The van der Waals surface area contributed by atoms with Crippen molar-refractivity contribution in [3.8, 4) is 11.3 Å². The van der Waals surface area contributed by atoms with Gasteiger partial charge in [-0.3, -0.25) is 4.79 Å². The van der Waals surface area contributed by atoms with Gasteiger partial charge in [0.15, 0.2) is 5.13 Å². The van der Waals surface area contributed by atoms with Crippen LogP contribution in [0.2, 0.25) is 0 Å². The summed E-state index contributed by atoms with van der Waals surface area (Å²) in [6.45, 7) is 8.08. The van der Waals surface area contributed by atoms with Crippen LogP contribution in [0.3, 0.4) is 0 Å². The number of fused-ring (bicyclic) bond motifs is 1. The first-order valence-electron chi connectivity index (χ1n) is 9.41. The molecule has 0 unspecified atom stereocenters. The summed E-state index contributed by atoms with van der Waals surface area (Å²) in [5.74, 6) is 0.512. The smallest absolute Gasteiger partial charge is 0.252 e. The second-order valence-electron chi connectivity index (χ2n) is 7.12. The number of hydrogen-bond donors (Lipinski definition) is 1. The molecule has 0 atom stereocenters. The molecule has 3 aromatic heterocycles. The molecule has 1 aromatic carbocycles. The third-order valence-corrected chi connectivity index (χ3v) is 5.90. The Morgan fingerprint density at radius 1 is 1.14 bits per heavy atom. The van der Waals surface area contributed by atoms with Crippen molar-refractivity contribution in [3.63, 3.8) is 0 Å². The maximum atomic E-state index is 12.5. The van der Waals surface area contributed by atoms with Gasteiger partial charge in [0.2, 0.25) is 5.91 Å². The van der Waals surface area contributed by atoms with E-state index in [1.165, 1.54) is 28.8 Å². The molecule has 7 nitrogen and oxygen atoms in total. The van der Waals surface area contributed by atoms with E-state index < -0.39 is 0 Å². The number of aromatic nitrogens is 5. The molecule has 8 heteroatoms. The minimum absolute atomic E-state index is 0.0662. The van der Waals surface area contributed by atoms with Gasteiger partial charge in [0.05, 0.1) is 5.69 Å². The summed E-state index contributed by atoms with van der Waals surface area (Å²) < 4.78 is 1.71. The average Bonchev–Trinajstić information content (AvgIpc) is 3.33. The standard InChI is InChI=1S/C21H22N6OS/c1-12-5-6-16(9-13(12)2)18-10-29-21(25-18)26-19(28)8-7-17-14(3)24-20-22-11-23-27(20)15(17)4/h5-6,9-11H,7-8H2,1-4H3,(H,25,26,28). The van der Waals surface area contributed by atoms with E-state index in [2.05, 4.69) is 57.4 Å². The molecular weight excluding hydrogens is 384 g/mol. The summed E-state index contributed by atoms with van der Waals surface area (Å²) >= 11 is 1.44. The third kappa shape index (κ3) is 3.88. The Hall–Kier alpha value is -3.13. The van der Waals surface area contributed by atoms with Gasteiger partial charge in [-0.2, -0.15) is 10.1 Å². The number of thiazole rings is 1. The fourth-order valence-electron chi connectivity index (χ4n) is 3.30. The van der Waals surface area contributed by atoms with Crippen LogP contribution in [-0.2, 0) is 11.2 Å². The summed E-state index contributed by atoms with van der Waals surface area (Å²) in [7, 11) is 0. The van der Waals surface area contributed by atoms with Crippen LogP contribution in [0.25, 0.3) is 17.0 Å². The van der Waals surface area contributed by atoms with Crippen LogP contribution in [0.1, 0.15) is 34.5 Å². The topological polar surface area (TPSA) is 85.1 Å². The Kier molecular flexibility index (Phi) is 5.10. The Labute approximate surface area is 172 Å². The lowest BCUT2D eigenvalue weighted by molar-refractivity contribution is -0.116. The molecule has 0 radical (unpaired) electrons. The van der Waals surface area contributed by atoms with Crippen LogP contribution in [0.5, 0.6) is 0 Å². The Morgan fingerprint density at radius 3 is 2.76 bits per heavy atom. The molecule has 4 rings (SSSR count). The van der Waals surface area contributed by atoms with E-state index in [4.69, 9.17) is 0 Å². The molecule has 0 saturated carbocycles. The first-order valence-corrected chi connectivity index (χ1v) is 10.3. The predicted molar refractivity (Wildman–Crippen MR) is 114 cm³/mol. The highest BCUT2D eigenvalue weighted by Gasteiger charge is 2.14. The van der Waals surface area contributed by atoms with Crippen molar-refractivity contribution >= 4 is 28.2 Å². The number of nitrogens with zero attached hydrogens (tertiary/aromatic N) is 5. The largest absolute Gasteiger partial charge is 0.302 e. The van der Waals surface area contributed by atoms with Gasteiger partial charge in [0, 0.05) is 28.8 Å². The number of benzene rings is 1. The van der Waals surface area contributed by atoms with Crippen LogP contribution >= 0.6 is 11.3 Å². The van der Waals surface area contributed by atoms with E-state index in [0.717, 1.165) is 28.2 Å². The zero-order chi connectivity index (χ0) is 20.5. The van der Waals surface area contributed by atoms with E-state index in [9.17, 15) is 4.79 Å². The number of rotatable bonds is 5. The molecule has 29 heavy (non-hydrogen) atoms. The highest BCUT2D eigenvalue weighted by molar-refractivity contribution is 7.14. The zero-order valence-electron chi connectivity index (χ0n) is 16.9. The summed E-state index contributed by atoms with van der Waals surface area (Å²) in [6.07, 6.45) is 2.42. The van der Waals surface area contributed by atoms with E-state index in [1.807, 2.05) is 19.2 Å². The molecule has 0 aliphatic heterocycles. The van der Waals surface area contributed by atoms with Gasteiger partial charge in [-0.05, 0) is 56.9 Å². The van der Waals surface area contributed by atoms with Crippen molar-refractivity contribution in [2.45, 2.75) is 40.5 Å². The summed E-state index contributed by atoms with van der Waals surface area (Å²) in [5, 5.41) is 9.69. The Bertz CT molecular complexity index is 1210. The van der Waals surface area contributed by atoms with Gasteiger partial charge in [-0.15, -0.1) is 11.3 Å². The van der Waals surface area contributed by atoms with E-state index in [-0.39, 0.29) is 5.91 Å². The van der Waals surface area contributed by atoms with Crippen molar-refractivity contribution in [1.29, 1.82) is 0 Å². The molecule has 0 spiro atoms. The number of aryl methyl sites for hydroxylation is 4. The number of carbonyl (C=O) groups excluding carboxylic acids is 1. The molecule has 0 saturated heterocycles. The van der Waals surface area contributed by atoms with Gasteiger partial charge in [0.1, 0.15) is 6.33 Å². The molecule has 0 aliphatic carbocycles. The number of nitrogens with one attached hydrogen (secondary N) is 1. The first-order chi connectivity index (χ1) is 13.9. The Morgan fingerprint density at radius 2 is 1.97 bits per heavy atom. The van der Waals surface area contributed by atoms with Gasteiger partial charge >= 0.3 is 0 Å². The maximum absolute atomic E-state index is 12.5. The number of amides is 1. The van der Waals surface area contributed by atoms with Gasteiger partial charge in [-0.1, -0.05) is 12.1 Å². The SMILES string of the molecule is Cc1ccc(-c2csc(NC(=O)CCc3c(C)nc4ncnn4c3C)n2)cc1C. The summed E-state index contributed by atoms with van der Waals surface area (Å²) in [4.78, 5) is 25.6. The lowest BCUT2D eigenvalue weighted by atomic mass is 10.1.